The zero-order valence-corrected chi connectivity index (χ0v) is 17.1. The normalized spacial score (nSPS) is 22.1. The third-order valence-electron chi connectivity index (χ3n) is 4.33. The first-order valence-corrected chi connectivity index (χ1v) is 11.2. The van der Waals surface area contributed by atoms with Crippen molar-refractivity contribution >= 4 is 16.1 Å². The van der Waals surface area contributed by atoms with Gasteiger partial charge in [0.2, 0.25) is 0 Å². The molecule has 0 fully saturated rings. The molecule has 0 saturated carbocycles. The standard InChI is InChI=1S/C18H26O5.CH4O3S/c1-12-6-5-9-14(19)8-4-2-3-7-13-10-15(20)11-16(21)17(13)18(22)23-12;1-5(2,3)4/h10-12,14,19-21H,2-9H2,1H3;1H3,(H,2,3,4)/t12-,14+;/m0./s1. The highest BCUT2D eigenvalue weighted by molar-refractivity contribution is 7.85. The van der Waals surface area contributed by atoms with Crippen LogP contribution in [0.2, 0.25) is 0 Å². The van der Waals surface area contributed by atoms with Gasteiger partial charge in [-0.1, -0.05) is 12.8 Å². The maximum Gasteiger partial charge on any atom is 0.342 e. The molecule has 0 radical (unpaired) electrons. The number of rotatable bonds is 0. The Bertz CT molecular complexity index is 737. The van der Waals surface area contributed by atoms with Crippen molar-refractivity contribution in [3.8, 4) is 11.5 Å². The molecule has 1 aliphatic rings. The lowest BCUT2D eigenvalue weighted by Crippen LogP contribution is -2.18. The van der Waals surface area contributed by atoms with E-state index in [1.54, 1.807) is 0 Å². The molecule has 28 heavy (non-hydrogen) atoms. The first kappa shape index (κ1) is 24.2. The molecule has 9 heteroatoms. The lowest BCUT2D eigenvalue weighted by molar-refractivity contribution is 0.0305. The van der Waals surface area contributed by atoms with Crippen molar-refractivity contribution in [3.05, 3.63) is 23.3 Å². The Labute approximate surface area is 165 Å². The SMILES string of the molecule is CS(=O)(=O)O.C[C@H]1CCC[C@H](O)CCCCCc2cc(O)cc(O)c2C(=O)O1. The second kappa shape index (κ2) is 11.2. The Hall–Kier alpha value is -1.84. The van der Waals surface area contributed by atoms with Crippen LogP contribution in [0, 0.1) is 0 Å². The van der Waals surface area contributed by atoms with Crippen LogP contribution in [0.5, 0.6) is 11.5 Å². The molecule has 0 amide bonds. The fourth-order valence-corrected chi connectivity index (χ4v) is 3.06. The number of fused-ring (bicyclic) bond motifs is 1. The fourth-order valence-electron chi connectivity index (χ4n) is 3.06. The molecule has 160 valence electrons. The van der Waals surface area contributed by atoms with E-state index in [1.165, 1.54) is 12.1 Å². The van der Waals surface area contributed by atoms with Gasteiger partial charge < -0.3 is 20.1 Å². The van der Waals surface area contributed by atoms with E-state index in [2.05, 4.69) is 0 Å². The number of carbonyl (C=O) groups is 1. The Morgan fingerprint density at radius 3 is 2.29 bits per heavy atom. The van der Waals surface area contributed by atoms with Gasteiger partial charge in [0.15, 0.2) is 0 Å². The lowest BCUT2D eigenvalue weighted by Gasteiger charge is -2.18. The molecule has 2 atom stereocenters. The highest BCUT2D eigenvalue weighted by Gasteiger charge is 2.21. The summed E-state index contributed by atoms with van der Waals surface area (Å²) in [5.74, 6) is -0.846. The van der Waals surface area contributed by atoms with E-state index < -0.39 is 16.1 Å². The van der Waals surface area contributed by atoms with Crippen molar-refractivity contribution in [1.29, 1.82) is 0 Å². The van der Waals surface area contributed by atoms with Gasteiger partial charge in [0, 0.05) is 6.07 Å². The summed E-state index contributed by atoms with van der Waals surface area (Å²) in [5, 5.41) is 29.6. The first-order chi connectivity index (χ1) is 13.0. The van der Waals surface area contributed by atoms with Gasteiger partial charge in [0.05, 0.1) is 18.5 Å². The molecule has 0 aromatic heterocycles. The van der Waals surface area contributed by atoms with Gasteiger partial charge in [-0.2, -0.15) is 8.42 Å². The monoisotopic (exact) mass is 418 g/mol. The molecule has 2 rings (SSSR count). The minimum Gasteiger partial charge on any atom is -0.508 e. The van der Waals surface area contributed by atoms with E-state index in [4.69, 9.17) is 9.29 Å². The van der Waals surface area contributed by atoms with Gasteiger partial charge in [0.25, 0.3) is 10.1 Å². The quantitative estimate of drug-likeness (QED) is 0.372. The van der Waals surface area contributed by atoms with Crippen LogP contribution in [-0.2, 0) is 21.3 Å². The smallest absolute Gasteiger partial charge is 0.342 e. The molecule has 0 saturated heterocycles. The summed E-state index contributed by atoms with van der Waals surface area (Å²) in [6.45, 7) is 1.81. The van der Waals surface area contributed by atoms with E-state index in [1.807, 2.05) is 6.92 Å². The van der Waals surface area contributed by atoms with Crippen LogP contribution in [-0.4, -0.2) is 52.7 Å². The van der Waals surface area contributed by atoms with Crippen molar-refractivity contribution in [2.24, 2.45) is 0 Å². The third-order valence-corrected chi connectivity index (χ3v) is 4.33. The van der Waals surface area contributed by atoms with Gasteiger partial charge in [0.1, 0.15) is 17.1 Å². The van der Waals surface area contributed by atoms with Crippen molar-refractivity contribution < 1.29 is 37.8 Å². The number of hydrogen-bond acceptors (Lipinski definition) is 7. The zero-order chi connectivity index (χ0) is 21.3. The second-order valence-corrected chi connectivity index (χ2v) is 8.60. The van der Waals surface area contributed by atoms with E-state index in [9.17, 15) is 28.5 Å². The molecule has 0 aliphatic carbocycles. The Kier molecular flexibility index (Phi) is 9.71. The molecular formula is C19H30O8S. The molecule has 8 nitrogen and oxygen atoms in total. The highest BCUT2D eigenvalue weighted by Crippen LogP contribution is 2.30. The van der Waals surface area contributed by atoms with Crippen molar-refractivity contribution in [1.82, 2.24) is 0 Å². The summed E-state index contributed by atoms with van der Waals surface area (Å²) in [6.07, 6.45) is 6.39. The van der Waals surface area contributed by atoms with Crippen LogP contribution in [0.25, 0.3) is 0 Å². The van der Waals surface area contributed by atoms with Crippen LogP contribution in [0.3, 0.4) is 0 Å². The molecule has 0 spiro atoms. The largest absolute Gasteiger partial charge is 0.508 e. The maximum absolute atomic E-state index is 12.4. The molecule has 1 heterocycles. The third kappa shape index (κ3) is 9.91. The topological polar surface area (TPSA) is 141 Å². The minimum atomic E-state index is -3.67. The predicted molar refractivity (Wildman–Crippen MR) is 104 cm³/mol. The number of aliphatic hydroxyl groups excluding tert-OH is 1. The number of aromatic hydroxyl groups is 2. The molecule has 1 aromatic carbocycles. The van der Waals surface area contributed by atoms with Crippen LogP contribution in [0.15, 0.2) is 12.1 Å². The average Bonchev–Trinajstić information content (AvgIpc) is 2.51. The van der Waals surface area contributed by atoms with E-state index in [0.717, 1.165) is 38.5 Å². The summed E-state index contributed by atoms with van der Waals surface area (Å²) >= 11 is 0. The van der Waals surface area contributed by atoms with Crippen LogP contribution in [0.4, 0.5) is 0 Å². The number of benzene rings is 1. The first-order valence-electron chi connectivity index (χ1n) is 9.33. The second-order valence-electron chi connectivity index (χ2n) is 7.13. The van der Waals surface area contributed by atoms with Crippen molar-refractivity contribution in [2.75, 3.05) is 6.26 Å². The number of phenolic OH excluding ortho intramolecular Hbond substituents is 2. The summed E-state index contributed by atoms with van der Waals surface area (Å²) in [6, 6.07) is 2.69. The van der Waals surface area contributed by atoms with Crippen molar-refractivity contribution in [2.45, 2.75) is 70.5 Å². The van der Waals surface area contributed by atoms with Gasteiger partial charge in [-0.25, -0.2) is 4.79 Å². The van der Waals surface area contributed by atoms with Gasteiger partial charge >= 0.3 is 5.97 Å². The zero-order valence-electron chi connectivity index (χ0n) is 16.3. The van der Waals surface area contributed by atoms with Crippen LogP contribution >= 0.6 is 0 Å². The summed E-state index contributed by atoms with van der Waals surface area (Å²) in [7, 11) is -3.67. The van der Waals surface area contributed by atoms with Crippen LogP contribution in [0.1, 0.15) is 67.8 Å². The van der Waals surface area contributed by atoms with E-state index in [0.29, 0.717) is 24.7 Å². The van der Waals surface area contributed by atoms with Gasteiger partial charge in [-0.05, 0) is 57.1 Å². The number of ether oxygens (including phenoxy) is 1. The number of hydrogen-bond donors (Lipinski definition) is 4. The van der Waals surface area contributed by atoms with Gasteiger partial charge in [-0.15, -0.1) is 0 Å². The molecule has 1 aliphatic heterocycles. The van der Waals surface area contributed by atoms with Crippen molar-refractivity contribution in [3.63, 3.8) is 0 Å². The summed E-state index contributed by atoms with van der Waals surface area (Å²) < 4.78 is 31.3. The number of phenols is 2. The number of carbonyl (C=O) groups excluding carboxylic acids is 1. The predicted octanol–water partition coefficient (Wildman–Crippen LogP) is 2.79. The van der Waals surface area contributed by atoms with Crippen LogP contribution < -0.4 is 0 Å². The highest BCUT2D eigenvalue weighted by atomic mass is 32.2. The molecular weight excluding hydrogens is 388 g/mol. The van der Waals surface area contributed by atoms with E-state index >= 15 is 0 Å². The number of cyclic esters (lactones) is 1. The number of aryl methyl sites for hydroxylation is 1. The number of aliphatic hydroxyl groups is 1. The summed E-state index contributed by atoms with van der Waals surface area (Å²) in [4.78, 5) is 12.4. The number of esters is 1. The molecule has 0 unspecified atom stereocenters. The Morgan fingerprint density at radius 2 is 1.64 bits per heavy atom. The fraction of sp³-hybridized carbons (Fsp3) is 0.632. The Morgan fingerprint density at radius 1 is 1.04 bits per heavy atom. The molecule has 1 aromatic rings. The van der Waals surface area contributed by atoms with Gasteiger partial charge in [-0.3, -0.25) is 4.55 Å². The molecule has 4 N–H and O–H groups in total. The summed E-state index contributed by atoms with van der Waals surface area (Å²) in [5.41, 5.74) is 0.768. The lowest BCUT2D eigenvalue weighted by atomic mass is 9.97. The minimum absolute atomic E-state index is 0.0568. The Balaban J connectivity index is 0.000000696. The average molecular weight is 419 g/mol. The van der Waals surface area contributed by atoms with E-state index in [-0.39, 0.29) is 29.3 Å². The maximum atomic E-state index is 12.4. The molecule has 0 bridgehead atoms.